The second-order valence-electron chi connectivity index (χ2n) is 5.32. The monoisotopic (exact) mass is 215 g/mol. The fraction of sp³-hybridized carbons (Fsp3) is 0.500. The number of Topliss-reactive ketones (excluding diaryl/α,β-unsaturated/α-hetero) is 1. The molecule has 3 atom stereocenters. The first kappa shape index (κ1) is 10.0. The summed E-state index contributed by atoms with van der Waals surface area (Å²) in [7, 11) is 0. The standard InChI is InChI=1S/C14H17NO/c15-14(9-10-6-7-12(14)8-10)13(16)11-4-2-1-3-5-11/h1-5,10,12H,6-9,15H2/t10-,12+,14-/m0/s1. The number of fused-ring (bicyclic) bond motifs is 2. The molecule has 1 aromatic carbocycles. The molecule has 0 spiro atoms. The van der Waals surface area contributed by atoms with E-state index in [4.69, 9.17) is 5.73 Å². The third-order valence-electron chi connectivity index (χ3n) is 4.35. The van der Waals surface area contributed by atoms with Crippen molar-refractivity contribution in [2.45, 2.75) is 31.2 Å². The highest BCUT2D eigenvalue weighted by Crippen LogP contribution is 2.50. The molecular weight excluding hydrogens is 198 g/mol. The van der Waals surface area contributed by atoms with Gasteiger partial charge in [-0.3, -0.25) is 4.79 Å². The number of hydrogen-bond acceptors (Lipinski definition) is 2. The highest BCUT2D eigenvalue weighted by molar-refractivity contribution is 6.03. The number of rotatable bonds is 2. The van der Waals surface area contributed by atoms with E-state index in [0.29, 0.717) is 11.8 Å². The summed E-state index contributed by atoms with van der Waals surface area (Å²) in [6, 6.07) is 9.50. The van der Waals surface area contributed by atoms with Crippen LogP contribution in [-0.2, 0) is 0 Å². The van der Waals surface area contributed by atoms with Crippen LogP contribution < -0.4 is 5.73 Å². The van der Waals surface area contributed by atoms with Crippen LogP contribution in [-0.4, -0.2) is 11.3 Å². The number of hydrogen-bond donors (Lipinski definition) is 1. The maximum absolute atomic E-state index is 12.4. The van der Waals surface area contributed by atoms with Gasteiger partial charge in [0.05, 0.1) is 5.54 Å². The van der Waals surface area contributed by atoms with Gasteiger partial charge in [-0.25, -0.2) is 0 Å². The van der Waals surface area contributed by atoms with Crippen molar-refractivity contribution >= 4 is 5.78 Å². The normalized spacial score (nSPS) is 36.6. The van der Waals surface area contributed by atoms with Gasteiger partial charge in [0, 0.05) is 5.56 Å². The van der Waals surface area contributed by atoms with Crippen molar-refractivity contribution in [3.63, 3.8) is 0 Å². The van der Waals surface area contributed by atoms with Crippen LogP contribution >= 0.6 is 0 Å². The van der Waals surface area contributed by atoms with Gasteiger partial charge in [0.25, 0.3) is 0 Å². The first-order valence-corrected chi connectivity index (χ1v) is 6.09. The Kier molecular flexibility index (Phi) is 2.15. The van der Waals surface area contributed by atoms with Crippen molar-refractivity contribution < 1.29 is 4.79 Å². The first-order valence-electron chi connectivity index (χ1n) is 6.09. The molecule has 0 amide bonds. The Morgan fingerprint density at radius 1 is 1.25 bits per heavy atom. The highest BCUT2D eigenvalue weighted by atomic mass is 16.1. The van der Waals surface area contributed by atoms with E-state index in [-0.39, 0.29) is 5.78 Å². The zero-order chi connectivity index (χ0) is 11.2. The van der Waals surface area contributed by atoms with Crippen LogP contribution in [0.25, 0.3) is 0 Å². The van der Waals surface area contributed by atoms with E-state index in [0.717, 1.165) is 24.8 Å². The van der Waals surface area contributed by atoms with Gasteiger partial charge in [-0.2, -0.15) is 0 Å². The van der Waals surface area contributed by atoms with Gasteiger partial charge in [0.15, 0.2) is 5.78 Å². The van der Waals surface area contributed by atoms with Crippen LogP contribution in [0.2, 0.25) is 0 Å². The van der Waals surface area contributed by atoms with Crippen molar-refractivity contribution in [2.24, 2.45) is 17.6 Å². The zero-order valence-electron chi connectivity index (χ0n) is 9.36. The minimum atomic E-state index is -0.565. The minimum Gasteiger partial charge on any atom is -0.318 e. The molecular formula is C14H17NO. The van der Waals surface area contributed by atoms with Gasteiger partial charge < -0.3 is 5.73 Å². The largest absolute Gasteiger partial charge is 0.318 e. The molecule has 1 aromatic rings. The summed E-state index contributed by atoms with van der Waals surface area (Å²) in [5, 5.41) is 0. The SMILES string of the molecule is N[C@@]1(C(=O)c2ccccc2)C[C@H]2CC[C@@H]1C2. The van der Waals surface area contributed by atoms with Gasteiger partial charge in [0.2, 0.25) is 0 Å². The molecule has 2 aliphatic carbocycles. The van der Waals surface area contributed by atoms with Crippen LogP contribution in [0.3, 0.4) is 0 Å². The second-order valence-corrected chi connectivity index (χ2v) is 5.32. The molecule has 16 heavy (non-hydrogen) atoms. The third-order valence-corrected chi connectivity index (χ3v) is 4.35. The van der Waals surface area contributed by atoms with Gasteiger partial charge >= 0.3 is 0 Å². The van der Waals surface area contributed by atoms with E-state index >= 15 is 0 Å². The minimum absolute atomic E-state index is 0.153. The molecule has 84 valence electrons. The summed E-state index contributed by atoms with van der Waals surface area (Å²) in [6.45, 7) is 0. The Bertz CT molecular complexity index is 414. The molecule has 0 heterocycles. The predicted molar refractivity (Wildman–Crippen MR) is 63.1 cm³/mol. The molecule has 3 rings (SSSR count). The summed E-state index contributed by atoms with van der Waals surface area (Å²) >= 11 is 0. The maximum Gasteiger partial charge on any atom is 0.182 e. The molecule has 2 fully saturated rings. The number of carbonyl (C=O) groups is 1. The summed E-state index contributed by atoms with van der Waals surface area (Å²) in [5.74, 6) is 1.27. The average Bonchev–Trinajstić information content (AvgIpc) is 2.89. The molecule has 0 unspecified atom stereocenters. The molecule has 2 aliphatic rings. The summed E-state index contributed by atoms with van der Waals surface area (Å²) in [6.07, 6.45) is 4.46. The number of ketones is 1. The molecule has 2 N–H and O–H groups in total. The van der Waals surface area contributed by atoms with Gasteiger partial charge in [-0.05, 0) is 31.1 Å². The van der Waals surface area contributed by atoms with Crippen LogP contribution in [0.15, 0.2) is 30.3 Å². The fourth-order valence-corrected chi connectivity index (χ4v) is 3.51. The maximum atomic E-state index is 12.4. The quantitative estimate of drug-likeness (QED) is 0.770. The first-order chi connectivity index (χ1) is 7.70. The lowest BCUT2D eigenvalue weighted by molar-refractivity contribution is 0.0827. The second kappa shape index (κ2) is 3.42. The van der Waals surface area contributed by atoms with E-state index in [1.54, 1.807) is 0 Å². The van der Waals surface area contributed by atoms with E-state index in [9.17, 15) is 4.79 Å². The Hall–Kier alpha value is -1.15. The van der Waals surface area contributed by atoms with Crippen molar-refractivity contribution in [1.82, 2.24) is 0 Å². The Morgan fingerprint density at radius 3 is 2.56 bits per heavy atom. The van der Waals surface area contributed by atoms with Crippen LogP contribution in [0.5, 0.6) is 0 Å². The smallest absolute Gasteiger partial charge is 0.182 e. The van der Waals surface area contributed by atoms with E-state index < -0.39 is 5.54 Å². The van der Waals surface area contributed by atoms with E-state index in [2.05, 4.69) is 0 Å². The summed E-state index contributed by atoms with van der Waals surface area (Å²) < 4.78 is 0. The molecule has 2 bridgehead atoms. The van der Waals surface area contributed by atoms with Crippen molar-refractivity contribution in [1.29, 1.82) is 0 Å². The van der Waals surface area contributed by atoms with E-state index in [1.165, 1.54) is 6.42 Å². The molecule has 2 heteroatoms. The van der Waals surface area contributed by atoms with Crippen molar-refractivity contribution in [2.75, 3.05) is 0 Å². The van der Waals surface area contributed by atoms with Crippen LogP contribution in [0, 0.1) is 11.8 Å². The molecule has 0 aliphatic heterocycles. The molecule has 2 nitrogen and oxygen atoms in total. The highest BCUT2D eigenvalue weighted by Gasteiger charge is 2.52. The Morgan fingerprint density at radius 2 is 2.00 bits per heavy atom. The zero-order valence-corrected chi connectivity index (χ0v) is 9.36. The lowest BCUT2D eigenvalue weighted by atomic mass is 9.76. The third kappa shape index (κ3) is 1.33. The van der Waals surface area contributed by atoms with Gasteiger partial charge in [-0.15, -0.1) is 0 Å². The lowest BCUT2D eigenvalue weighted by Crippen LogP contribution is -2.52. The fourth-order valence-electron chi connectivity index (χ4n) is 3.51. The molecule has 0 saturated heterocycles. The number of nitrogens with two attached hydrogens (primary N) is 1. The summed E-state index contributed by atoms with van der Waals surface area (Å²) in [5.41, 5.74) is 6.58. The van der Waals surface area contributed by atoms with E-state index in [1.807, 2.05) is 30.3 Å². The van der Waals surface area contributed by atoms with Crippen LogP contribution in [0.1, 0.15) is 36.0 Å². The van der Waals surface area contributed by atoms with Crippen LogP contribution in [0.4, 0.5) is 0 Å². The molecule has 2 saturated carbocycles. The summed E-state index contributed by atoms with van der Waals surface area (Å²) in [4.78, 5) is 12.4. The Labute approximate surface area is 95.8 Å². The number of carbonyl (C=O) groups excluding carboxylic acids is 1. The van der Waals surface area contributed by atoms with Gasteiger partial charge in [0.1, 0.15) is 0 Å². The van der Waals surface area contributed by atoms with Gasteiger partial charge in [-0.1, -0.05) is 36.8 Å². The van der Waals surface area contributed by atoms with Crippen molar-refractivity contribution in [3.05, 3.63) is 35.9 Å². The van der Waals surface area contributed by atoms with Crippen molar-refractivity contribution in [3.8, 4) is 0 Å². The lowest BCUT2D eigenvalue weighted by Gasteiger charge is -2.32. The number of benzene rings is 1. The predicted octanol–water partition coefficient (Wildman–Crippen LogP) is 2.39. The molecule has 0 aromatic heterocycles. The Balaban J connectivity index is 1.91. The average molecular weight is 215 g/mol. The topological polar surface area (TPSA) is 43.1 Å². The molecule has 0 radical (unpaired) electrons.